The Bertz CT molecular complexity index is 1100. The van der Waals surface area contributed by atoms with E-state index in [-0.39, 0.29) is 17.6 Å². The Balaban J connectivity index is 1.64. The molecule has 0 radical (unpaired) electrons. The first-order valence-electron chi connectivity index (χ1n) is 9.85. The van der Waals surface area contributed by atoms with E-state index in [4.69, 9.17) is 4.74 Å². The quantitative estimate of drug-likeness (QED) is 0.655. The average molecular weight is 409 g/mol. The lowest BCUT2D eigenvalue weighted by molar-refractivity contribution is 0.0570. The van der Waals surface area contributed by atoms with Crippen molar-refractivity contribution in [1.29, 1.82) is 0 Å². The van der Waals surface area contributed by atoms with Gasteiger partial charge in [-0.2, -0.15) is 9.78 Å². The first-order valence-corrected chi connectivity index (χ1v) is 9.85. The van der Waals surface area contributed by atoms with Crippen LogP contribution in [0.2, 0.25) is 0 Å². The summed E-state index contributed by atoms with van der Waals surface area (Å²) in [5, 5.41) is 4.47. The van der Waals surface area contributed by atoms with Crippen LogP contribution < -0.4 is 5.56 Å². The summed E-state index contributed by atoms with van der Waals surface area (Å²) in [7, 11) is 1.77. The maximum Gasteiger partial charge on any atom is 0.409 e. The van der Waals surface area contributed by atoms with Gasteiger partial charge in [-0.1, -0.05) is 18.2 Å². The monoisotopic (exact) mass is 409 g/mol. The van der Waals surface area contributed by atoms with Crippen molar-refractivity contribution >= 4 is 12.0 Å². The van der Waals surface area contributed by atoms with Crippen LogP contribution in [0.5, 0.6) is 0 Å². The van der Waals surface area contributed by atoms with Gasteiger partial charge in [-0.3, -0.25) is 9.59 Å². The second-order valence-corrected chi connectivity index (χ2v) is 7.13. The maximum atomic E-state index is 13.3. The summed E-state index contributed by atoms with van der Waals surface area (Å²) in [6.07, 6.45) is 3.00. The summed E-state index contributed by atoms with van der Waals surface area (Å²) in [6.45, 7) is 3.66. The third-order valence-electron chi connectivity index (χ3n) is 5.12. The molecule has 0 aromatic heterocycles. The minimum Gasteiger partial charge on any atom is -0.450 e. The van der Waals surface area contributed by atoms with E-state index in [9.17, 15) is 14.4 Å². The highest BCUT2D eigenvalue weighted by Crippen LogP contribution is 2.23. The van der Waals surface area contributed by atoms with E-state index >= 15 is 0 Å². The van der Waals surface area contributed by atoms with E-state index in [0.29, 0.717) is 55.3 Å². The number of fused-ring (bicyclic) bond motifs is 1. The van der Waals surface area contributed by atoms with Gasteiger partial charge >= 0.3 is 6.09 Å². The predicted octanol–water partition coefficient (Wildman–Crippen LogP) is 1.59. The van der Waals surface area contributed by atoms with Crippen LogP contribution in [-0.4, -0.2) is 68.9 Å². The van der Waals surface area contributed by atoms with Crippen LogP contribution >= 0.6 is 0 Å². The fraction of sp³-hybridized carbons (Fsp3) is 0.333. The number of carbonyl (C=O) groups excluding carboxylic acids is 2. The molecule has 3 heterocycles. The van der Waals surface area contributed by atoms with Crippen molar-refractivity contribution in [3.63, 3.8) is 0 Å². The standard InChI is InChI=1S/C21H23N5O4/c1-3-30-21(29)25-11-9-24(10-12-25)19(27)16-13-23(2)14-17-18(16)22-26(20(17)28)15-7-5-4-6-8-15/h4-8,13-14H,3,9-12H2,1-2H3. The van der Waals surface area contributed by atoms with Crippen LogP contribution in [0.15, 0.2) is 47.5 Å². The molecule has 30 heavy (non-hydrogen) atoms. The largest absolute Gasteiger partial charge is 0.450 e. The Morgan fingerprint density at radius 2 is 1.70 bits per heavy atom. The summed E-state index contributed by atoms with van der Waals surface area (Å²) in [5.41, 5.74) is 1.50. The zero-order valence-electron chi connectivity index (χ0n) is 16.9. The highest BCUT2D eigenvalue weighted by molar-refractivity contribution is 6.00. The Morgan fingerprint density at radius 3 is 2.37 bits per heavy atom. The molecule has 9 heteroatoms. The number of carbonyl (C=O) groups is 2. The van der Waals surface area contributed by atoms with Gasteiger partial charge in [-0.15, -0.1) is 0 Å². The molecule has 0 atom stereocenters. The average Bonchev–Trinajstić information content (AvgIpc) is 3.10. The molecule has 156 valence electrons. The molecule has 0 aliphatic carbocycles. The normalized spacial score (nSPS) is 14.2. The van der Waals surface area contributed by atoms with Gasteiger partial charge in [0.2, 0.25) is 0 Å². The summed E-state index contributed by atoms with van der Waals surface area (Å²) >= 11 is 0. The van der Waals surface area contributed by atoms with Crippen molar-refractivity contribution in [3.05, 3.63) is 58.6 Å². The van der Waals surface area contributed by atoms with Crippen molar-refractivity contribution in [2.75, 3.05) is 32.8 Å². The third-order valence-corrected chi connectivity index (χ3v) is 5.12. The van der Waals surface area contributed by atoms with E-state index in [0.717, 1.165) is 0 Å². The van der Waals surface area contributed by atoms with Crippen LogP contribution in [0.4, 0.5) is 4.79 Å². The van der Waals surface area contributed by atoms with Gasteiger partial charge in [0.25, 0.3) is 11.5 Å². The molecule has 0 spiro atoms. The van der Waals surface area contributed by atoms with Gasteiger partial charge in [0.1, 0.15) is 5.69 Å². The number of ether oxygens (including phenoxy) is 1. The van der Waals surface area contributed by atoms with Gasteiger partial charge in [0.05, 0.1) is 23.4 Å². The number of para-hydroxylation sites is 1. The SMILES string of the molecule is CCOC(=O)N1CCN(C(=O)c2cn(C)cc3c(=O)n(-c4ccccc4)nc2-3)CC1. The number of hydrogen-bond donors (Lipinski definition) is 0. The van der Waals surface area contributed by atoms with Gasteiger partial charge in [0.15, 0.2) is 0 Å². The van der Waals surface area contributed by atoms with Gasteiger partial charge < -0.3 is 19.1 Å². The third kappa shape index (κ3) is 3.54. The number of piperazine rings is 1. The number of pyridine rings is 1. The lowest BCUT2D eigenvalue weighted by atomic mass is 10.1. The lowest BCUT2D eigenvalue weighted by Crippen LogP contribution is -2.50. The second-order valence-electron chi connectivity index (χ2n) is 7.13. The van der Waals surface area contributed by atoms with Crippen molar-refractivity contribution in [3.8, 4) is 16.9 Å². The first-order chi connectivity index (χ1) is 14.5. The van der Waals surface area contributed by atoms with E-state index < -0.39 is 0 Å². The number of rotatable bonds is 3. The van der Waals surface area contributed by atoms with Gasteiger partial charge in [-0.05, 0) is 19.1 Å². The summed E-state index contributed by atoms with van der Waals surface area (Å²) in [5.74, 6) is -0.211. The molecule has 2 amide bonds. The van der Waals surface area contributed by atoms with Crippen LogP contribution in [0.1, 0.15) is 17.3 Å². The zero-order valence-corrected chi connectivity index (χ0v) is 16.9. The molecular weight excluding hydrogens is 386 g/mol. The minimum absolute atomic E-state index is 0.211. The van der Waals surface area contributed by atoms with Gasteiger partial charge in [-0.25, -0.2) is 4.79 Å². The molecule has 0 N–H and O–H groups in total. The topological polar surface area (TPSA) is 89.7 Å². The maximum absolute atomic E-state index is 13.3. The first kappa shape index (κ1) is 19.7. The number of aromatic nitrogens is 3. The van der Waals surface area contributed by atoms with Crippen molar-refractivity contribution in [2.45, 2.75) is 6.92 Å². The zero-order chi connectivity index (χ0) is 21.3. The number of benzene rings is 1. The summed E-state index contributed by atoms with van der Waals surface area (Å²) < 4.78 is 8.04. The molecule has 1 fully saturated rings. The van der Waals surface area contributed by atoms with E-state index in [1.54, 1.807) is 52.9 Å². The van der Waals surface area contributed by atoms with Crippen LogP contribution in [0, 0.1) is 0 Å². The summed E-state index contributed by atoms with van der Waals surface area (Å²) in [4.78, 5) is 41.3. The molecule has 3 aliphatic rings. The molecule has 3 aliphatic heterocycles. The molecule has 1 aromatic carbocycles. The molecule has 0 saturated carbocycles. The van der Waals surface area contributed by atoms with E-state index in [1.165, 1.54) is 4.68 Å². The van der Waals surface area contributed by atoms with Crippen LogP contribution in [0.25, 0.3) is 16.9 Å². The van der Waals surface area contributed by atoms with Gasteiger partial charge in [0, 0.05) is 45.6 Å². The molecule has 4 rings (SSSR count). The summed E-state index contributed by atoms with van der Waals surface area (Å²) in [6, 6.07) is 9.11. The van der Waals surface area contributed by atoms with Crippen molar-refractivity contribution in [1.82, 2.24) is 24.1 Å². The number of aryl methyl sites for hydroxylation is 1. The molecule has 9 nitrogen and oxygen atoms in total. The van der Waals surface area contributed by atoms with Crippen molar-refractivity contribution < 1.29 is 14.3 Å². The van der Waals surface area contributed by atoms with Crippen LogP contribution in [0.3, 0.4) is 0 Å². The van der Waals surface area contributed by atoms with E-state index in [1.807, 2.05) is 18.2 Å². The number of amides is 2. The van der Waals surface area contributed by atoms with Crippen molar-refractivity contribution in [2.24, 2.45) is 7.05 Å². The second kappa shape index (κ2) is 8.02. The Labute approximate surface area is 173 Å². The number of hydrogen-bond acceptors (Lipinski definition) is 5. The molecule has 1 saturated heterocycles. The fourth-order valence-corrected chi connectivity index (χ4v) is 3.61. The lowest BCUT2D eigenvalue weighted by Gasteiger charge is -2.34. The van der Waals surface area contributed by atoms with E-state index in [2.05, 4.69) is 5.10 Å². The smallest absolute Gasteiger partial charge is 0.409 e. The van der Waals surface area contributed by atoms with Crippen LogP contribution in [-0.2, 0) is 11.8 Å². The molecular formula is C21H23N5O4. The highest BCUT2D eigenvalue weighted by Gasteiger charge is 2.30. The Kier molecular flexibility index (Phi) is 5.26. The Hall–Kier alpha value is -3.62. The number of nitrogens with zero attached hydrogens (tertiary/aromatic N) is 5. The Morgan fingerprint density at radius 1 is 1.03 bits per heavy atom. The minimum atomic E-state index is -0.365. The fourth-order valence-electron chi connectivity index (χ4n) is 3.61. The molecule has 0 bridgehead atoms. The molecule has 0 unspecified atom stereocenters. The predicted molar refractivity (Wildman–Crippen MR) is 110 cm³/mol. The highest BCUT2D eigenvalue weighted by atomic mass is 16.6. The molecule has 1 aromatic rings.